The maximum Gasteiger partial charge on any atom is 0.266 e. The number of hydrogen-bond acceptors (Lipinski definition) is 6. The average Bonchev–Trinajstić information content (AvgIpc) is 3.57. The second-order valence-electron chi connectivity index (χ2n) is 8.50. The molecule has 9 heteroatoms. The molecule has 1 N–H and O–H groups in total. The van der Waals surface area contributed by atoms with Gasteiger partial charge in [0.25, 0.3) is 5.91 Å². The Labute approximate surface area is 221 Å². The van der Waals surface area contributed by atoms with Crippen LogP contribution in [0.1, 0.15) is 16.1 Å². The molecule has 3 heterocycles. The number of carbonyl (C=O) groups is 2. The van der Waals surface area contributed by atoms with Crippen LogP contribution in [0.3, 0.4) is 0 Å². The van der Waals surface area contributed by atoms with Crippen molar-refractivity contribution in [1.82, 2.24) is 4.98 Å². The van der Waals surface area contributed by atoms with Crippen LogP contribution in [0.4, 0.5) is 11.4 Å². The summed E-state index contributed by atoms with van der Waals surface area (Å²) >= 11 is 9.18. The highest BCUT2D eigenvalue weighted by Gasteiger charge is 2.58. The smallest absolute Gasteiger partial charge is 0.266 e. The molecule has 3 aromatic carbocycles. The predicted octanol–water partition coefficient (Wildman–Crippen LogP) is 5.95. The summed E-state index contributed by atoms with van der Waals surface area (Å²) in [6.07, 6.45) is 0.742. The number of nitrogens with one attached hydrogen (secondary N) is 1. The van der Waals surface area contributed by atoms with Crippen molar-refractivity contribution >= 4 is 57.9 Å². The van der Waals surface area contributed by atoms with Crippen LogP contribution in [0.5, 0.6) is 5.75 Å². The summed E-state index contributed by atoms with van der Waals surface area (Å²) in [6.45, 7) is 0. The maximum absolute atomic E-state index is 13.2. The summed E-state index contributed by atoms with van der Waals surface area (Å²) in [5, 5.41) is 6.49. The van der Waals surface area contributed by atoms with E-state index in [4.69, 9.17) is 21.3 Å². The van der Waals surface area contributed by atoms with Crippen molar-refractivity contribution in [2.24, 2.45) is 0 Å². The molecule has 2 aliphatic rings. The summed E-state index contributed by atoms with van der Waals surface area (Å²) in [6, 6.07) is 20.9. The van der Waals surface area contributed by atoms with Crippen molar-refractivity contribution in [3.8, 4) is 17.0 Å². The van der Waals surface area contributed by atoms with Gasteiger partial charge in [-0.25, -0.2) is 4.98 Å². The quantitative estimate of drug-likeness (QED) is 0.343. The first-order chi connectivity index (χ1) is 17.5. The molecule has 2 aliphatic heterocycles. The van der Waals surface area contributed by atoms with Crippen LogP contribution >= 0.6 is 34.7 Å². The van der Waals surface area contributed by atoms with Crippen molar-refractivity contribution in [2.45, 2.75) is 11.3 Å². The number of nitrogens with zero attached hydrogens (tertiary/aromatic N) is 2. The van der Waals surface area contributed by atoms with Gasteiger partial charge in [-0.2, -0.15) is 0 Å². The average molecular weight is 534 g/mol. The molecule has 0 aliphatic carbocycles. The van der Waals surface area contributed by atoms with E-state index in [1.165, 1.54) is 11.8 Å². The van der Waals surface area contributed by atoms with Gasteiger partial charge in [-0.15, -0.1) is 23.1 Å². The number of ether oxygens (including phenoxy) is 1. The van der Waals surface area contributed by atoms with Crippen LogP contribution in [0.15, 0.2) is 72.1 Å². The molecule has 1 aromatic heterocycles. The lowest BCUT2D eigenvalue weighted by Crippen LogP contribution is -2.47. The zero-order chi connectivity index (χ0) is 24.9. The third-order valence-corrected chi connectivity index (χ3v) is 8.84. The highest BCUT2D eigenvalue weighted by molar-refractivity contribution is 8.02. The number of thiazole rings is 1. The van der Waals surface area contributed by atoms with E-state index >= 15 is 0 Å². The Hall–Kier alpha value is -3.33. The SMILES string of the molecule is COc1ccc(Cc2nc(-c3ccc(N4C(=O)CSC45C(=O)Nc4ccc(Cl)cc45)cc3)cs2)cc1. The van der Waals surface area contributed by atoms with Crippen molar-refractivity contribution in [1.29, 1.82) is 0 Å². The molecule has 0 bridgehead atoms. The Morgan fingerprint density at radius 2 is 1.86 bits per heavy atom. The first-order valence-corrected chi connectivity index (χ1v) is 13.5. The highest BCUT2D eigenvalue weighted by atomic mass is 35.5. The Balaban J connectivity index is 1.27. The number of carbonyl (C=O) groups excluding carboxylic acids is 2. The van der Waals surface area contributed by atoms with Crippen molar-refractivity contribution in [3.63, 3.8) is 0 Å². The minimum absolute atomic E-state index is 0.119. The largest absolute Gasteiger partial charge is 0.497 e. The fraction of sp³-hybridized carbons (Fsp3) is 0.148. The second-order valence-corrected chi connectivity index (χ2v) is 11.1. The highest BCUT2D eigenvalue weighted by Crippen LogP contribution is 2.54. The third-order valence-electron chi connectivity index (χ3n) is 6.36. The van der Waals surface area contributed by atoms with Crippen LogP contribution in [0.25, 0.3) is 11.3 Å². The van der Waals surface area contributed by atoms with Gasteiger partial charge in [0.05, 0.1) is 23.6 Å². The molecule has 0 radical (unpaired) electrons. The standard InChI is InChI=1S/C27H20ClN3O3S2/c1-34-20-9-2-16(3-10-20)12-24-29-23(14-35-24)17-4-7-19(8-5-17)31-25(32)15-36-27(31)21-13-18(28)6-11-22(21)30-26(27)33/h2-11,13-14H,12,15H2,1H3,(H,30,33). The van der Waals surface area contributed by atoms with E-state index in [1.807, 2.05) is 53.9 Å². The molecule has 36 heavy (non-hydrogen) atoms. The van der Waals surface area contributed by atoms with Crippen LogP contribution in [0.2, 0.25) is 5.02 Å². The topological polar surface area (TPSA) is 71.5 Å². The van der Waals surface area contributed by atoms with E-state index in [9.17, 15) is 9.59 Å². The van der Waals surface area contributed by atoms with E-state index in [2.05, 4.69) is 5.32 Å². The van der Waals surface area contributed by atoms with Crippen molar-refractivity contribution in [3.05, 3.63) is 93.3 Å². The Kier molecular flexibility index (Phi) is 5.75. The summed E-state index contributed by atoms with van der Waals surface area (Å²) in [4.78, 5) is 31.4. The third kappa shape index (κ3) is 3.77. The Morgan fingerprint density at radius 3 is 2.61 bits per heavy atom. The van der Waals surface area contributed by atoms with Gasteiger partial charge in [-0.1, -0.05) is 35.9 Å². The number of hydrogen-bond donors (Lipinski definition) is 1. The lowest BCUT2D eigenvalue weighted by molar-refractivity contribution is -0.122. The summed E-state index contributed by atoms with van der Waals surface area (Å²) in [5.41, 5.74) is 5.04. The zero-order valence-electron chi connectivity index (χ0n) is 19.2. The Morgan fingerprint density at radius 1 is 1.08 bits per heavy atom. The van der Waals surface area contributed by atoms with E-state index in [1.54, 1.807) is 41.5 Å². The number of amides is 2. The Bertz CT molecular complexity index is 1490. The minimum Gasteiger partial charge on any atom is -0.497 e. The van der Waals surface area contributed by atoms with Gasteiger partial charge in [-0.3, -0.25) is 14.5 Å². The van der Waals surface area contributed by atoms with E-state index < -0.39 is 4.87 Å². The fourth-order valence-electron chi connectivity index (χ4n) is 4.62. The lowest BCUT2D eigenvalue weighted by atomic mass is 10.0. The van der Waals surface area contributed by atoms with E-state index in [-0.39, 0.29) is 17.6 Å². The summed E-state index contributed by atoms with van der Waals surface area (Å²) in [7, 11) is 1.66. The van der Waals surface area contributed by atoms with Gasteiger partial charge >= 0.3 is 0 Å². The number of benzene rings is 3. The van der Waals surface area contributed by atoms with Gasteiger partial charge in [0, 0.05) is 39.3 Å². The lowest BCUT2D eigenvalue weighted by Gasteiger charge is -2.32. The number of halogens is 1. The molecule has 1 spiro atoms. The first kappa shape index (κ1) is 23.1. The molecule has 180 valence electrons. The second kappa shape index (κ2) is 8.96. The van der Waals surface area contributed by atoms with Gasteiger partial charge in [0.15, 0.2) is 0 Å². The molecular weight excluding hydrogens is 514 g/mol. The predicted molar refractivity (Wildman–Crippen MR) is 145 cm³/mol. The number of thioether (sulfide) groups is 1. The van der Waals surface area contributed by atoms with Crippen molar-refractivity contribution < 1.29 is 14.3 Å². The minimum atomic E-state index is -1.16. The summed E-state index contributed by atoms with van der Waals surface area (Å²) < 4.78 is 5.23. The molecule has 1 atom stereocenters. The molecule has 2 amide bonds. The number of fused-ring (bicyclic) bond motifs is 2. The first-order valence-electron chi connectivity index (χ1n) is 11.2. The van der Waals surface area contributed by atoms with Crippen LogP contribution in [-0.2, 0) is 20.9 Å². The van der Waals surface area contributed by atoms with Crippen LogP contribution in [-0.4, -0.2) is 29.7 Å². The van der Waals surface area contributed by atoms with Crippen LogP contribution < -0.4 is 15.0 Å². The number of methoxy groups -OCH3 is 1. The van der Waals surface area contributed by atoms with E-state index in [0.29, 0.717) is 22.0 Å². The summed E-state index contributed by atoms with van der Waals surface area (Å²) in [5.74, 6) is 0.688. The molecule has 1 fully saturated rings. The number of aromatic nitrogens is 1. The van der Waals surface area contributed by atoms with Gasteiger partial charge in [-0.05, 0) is 48.0 Å². The number of rotatable bonds is 5. The normalized spacial score (nSPS) is 18.6. The van der Waals surface area contributed by atoms with Crippen LogP contribution in [0, 0.1) is 0 Å². The molecule has 6 rings (SSSR count). The molecule has 4 aromatic rings. The van der Waals surface area contributed by atoms with Gasteiger partial charge in [0.2, 0.25) is 10.8 Å². The van der Waals surface area contributed by atoms with E-state index in [0.717, 1.165) is 34.0 Å². The molecule has 1 saturated heterocycles. The molecular formula is C27H20ClN3O3S2. The molecule has 0 saturated carbocycles. The molecule has 6 nitrogen and oxygen atoms in total. The number of anilines is 2. The van der Waals surface area contributed by atoms with Gasteiger partial charge in [0.1, 0.15) is 5.75 Å². The van der Waals surface area contributed by atoms with Crippen molar-refractivity contribution in [2.75, 3.05) is 23.1 Å². The molecule has 1 unspecified atom stereocenters. The van der Waals surface area contributed by atoms with Gasteiger partial charge < -0.3 is 10.1 Å². The monoisotopic (exact) mass is 533 g/mol. The zero-order valence-corrected chi connectivity index (χ0v) is 21.5. The fourth-order valence-corrected chi connectivity index (χ4v) is 6.94. The maximum atomic E-state index is 13.2.